The predicted octanol–water partition coefficient (Wildman–Crippen LogP) is 3.32. The summed E-state index contributed by atoms with van der Waals surface area (Å²) in [6.07, 6.45) is 7.42. The lowest BCUT2D eigenvalue weighted by molar-refractivity contribution is 0.102. The monoisotopic (exact) mass is 351 g/mol. The van der Waals surface area contributed by atoms with Gasteiger partial charge in [0.15, 0.2) is 17.3 Å². The molecular weight excluding hydrogens is 340 g/mol. The van der Waals surface area contributed by atoms with E-state index in [2.05, 4.69) is 20.4 Å². The van der Waals surface area contributed by atoms with Crippen molar-refractivity contribution >= 4 is 17.2 Å². The van der Waals surface area contributed by atoms with Gasteiger partial charge in [-0.3, -0.25) is 9.78 Å². The van der Waals surface area contributed by atoms with Crippen molar-refractivity contribution in [2.45, 2.75) is 0 Å². The number of pyridine rings is 1. The Hall–Kier alpha value is -3.68. The number of aromatic nitrogens is 4. The summed E-state index contributed by atoms with van der Waals surface area (Å²) in [6, 6.07) is 7.04. The molecule has 26 heavy (non-hydrogen) atoms. The smallest absolute Gasteiger partial charge is 0.261 e. The maximum Gasteiger partial charge on any atom is 0.261 e. The van der Waals surface area contributed by atoms with Crippen LogP contribution in [0.4, 0.5) is 14.5 Å². The van der Waals surface area contributed by atoms with Crippen LogP contribution in [-0.4, -0.2) is 25.5 Å². The molecule has 0 atom stereocenters. The molecule has 128 valence electrons. The summed E-state index contributed by atoms with van der Waals surface area (Å²) in [7, 11) is 0. The molecule has 0 aliphatic heterocycles. The molecule has 0 aliphatic rings. The van der Waals surface area contributed by atoms with Crippen LogP contribution in [0.5, 0.6) is 0 Å². The van der Waals surface area contributed by atoms with E-state index in [1.807, 2.05) is 0 Å². The average molecular weight is 351 g/mol. The summed E-state index contributed by atoms with van der Waals surface area (Å²) in [5.74, 6) is -2.45. The van der Waals surface area contributed by atoms with Crippen LogP contribution in [-0.2, 0) is 0 Å². The van der Waals surface area contributed by atoms with E-state index in [9.17, 15) is 13.6 Å². The van der Waals surface area contributed by atoms with Gasteiger partial charge in [-0.1, -0.05) is 12.1 Å². The molecule has 4 aromatic rings. The number of anilines is 1. The third-order valence-electron chi connectivity index (χ3n) is 3.83. The molecule has 0 unspecified atom stereocenters. The zero-order valence-electron chi connectivity index (χ0n) is 13.2. The van der Waals surface area contributed by atoms with E-state index in [0.29, 0.717) is 11.3 Å². The van der Waals surface area contributed by atoms with Gasteiger partial charge in [0.2, 0.25) is 0 Å². The second-order valence-corrected chi connectivity index (χ2v) is 5.42. The van der Waals surface area contributed by atoms with Crippen molar-refractivity contribution in [3.8, 4) is 11.1 Å². The zero-order valence-corrected chi connectivity index (χ0v) is 13.2. The molecule has 0 spiro atoms. The largest absolute Gasteiger partial charge is 0.321 e. The number of fused-ring (bicyclic) bond motifs is 1. The summed E-state index contributed by atoms with van der Waals surface area (Å²) < 4.78 is 29.2. The molecule has 0 saturated carbocycles. The highest BCUT2D eigenvalue weighted by Crippen LogP contribution is 2.30. The van der Waals surface area contributed by atoms with E-state index in [1.165, 1.54) is 41.3 Å². The summed E-state index contributed by atoms with van der Waals surface area (Å²) in [6.45, 7) is 0. The van der Waals surface area contributed by atoms with E-state index < -0.39 is 17.5 Å². The number of halogens is 2. The first kappa shape index (κ1) is 15.8. The minimum Gasteiger partial charge on any atom is -0.321 e. The number of amides is 1. The van der Waals surface area contributed by atoms with Gasteiger partial charge in [-0.05, 0) is 18.2 Å². The number of carbonyl (C=O) groups excluding carboxylic acids is 1. The summed E-state index contributed by atoms with van der Waals surface area (Å²) >= 11 is 0. The first-order valence-electron chi connectivity index (χ1n) is 7.63. The standard InChI is InChI=1S/C18H11F2N5O/c19-14-4-1-3-11(16(14)20)12-9-21-7-5-15(12)24-18(26)13-10-23-25-8-2-6-22-17(13)25/h1-10H,(H,21,24,26). The zero-order chi connectivity index (χ0) is 18.1. The fraction of sp³-hybridized carbons (Fsp3) is 0. The number of hydrogen-bond donors (Lipinski definition) is 1. The van der Waals surface area contributed by atoms with E-state index in [1.54, 1.807) is 18.5 Å². The van der Waals surface area contributed by atoms with Crippen molar-refractivity contribution in [2.24, 2.45) is 0 Å². The first-order chi connectivity index (χ1) is 12.6. The van der Waals surface area contributed by atoms with Crippen LogP contribution >= 0.6 is 0 Å². The molecule has 0 saturated heterocycles. The SMILES string of the molecule is O=C(Nc1ccncc1-c1cccc(F)c1F)c1cnn2cccnc12. The average Bonchev–Trinajstić information content (AvgIpc) is 3.09. The van der Waals surface area contributed by atoms with Crippen LogP contribution in [0, 0.1) is 11.6 Å². The number of nitrogens with zero attached hydrogens (tertiary/aromatic N) is 4. The Morgan fingerprint density at radius 1 is 1.04 bits per heavy atom. The van der Waals surface area contributed by atoms with Gasteiger partial charge < -0.3 is 5.32 Å². The number of hydrogen-bond acceptors (Lipinski definition) is 4. The van der Waals surface area contributed by atoms with Crippen LogP contribution in [0.3, 0.4) is 0 Å². The topological polar surface area (TPSA) is 72.2 Å². The fourth-order valence-electron chi connectivity index (χ4n) is 2.61. The van der Waals surface area contributed by atoms with Gasteiger partial charge >= 0.3 is 0 Å². The lowest BCUT2D eigenvalue weighted by Gasteiger charge is -2.11. The molecule has 1 amide bonds. The second-order valence-electron chi connectivity index (χ2n) is 5.42. The van der Waals surface area contributed by atoms with Gasteiger partial charge in [0.05, 0.1) is 11.9 Å². The van der Waals surface area contributed by atoms with Gasteiger partial charge in [0.1, 0.15) is 5.56 Å². The molecule has 0 fully saturated rings. The molecule has 0 radical (unpaired) electrons. The number of benzene rings is 1. The van der Waals surface area contributed by atoms with Crippen LogP contribution in [0.1, 0.15) is 10.4 Å². The van der Waals surface area contributed by atoms with E-state index in [-0.39, 0.29) is 16.7 Å². The van der Waals surface area contributed by atoms with Crippen molar-refractivity contribution in [2.75, 3.05) is 5.32 Å². The van der Waals surface area contributed by atoms with Crippen molar-refractivity contribution in [3.63, 3.8) is 0 Å². The van der Waals surface area contributed by atoms with Crippen LogP contribution in [0.25, 0.3) is 16.8 Å². The van der Waals surface area contributed by atoms with E-state index in [4.69, 9.17) is 0 Å². The minimum absolute atomic E-state index is 0.00592. The number of rotatable bonds is 3. The Labute approximate surface area is 146 Å². The maximum atomic E-state index is 14.1. The van der Waals surface area contributed by atoms with Gasteiger partial charge in [-0.25, -0.2) is 18.3 Å². The lowest BCUT2D eigenvalue weighted by atomic mass is 10.0. The summed E-state index contributed by atoms with van der Waals surface area (Å²) in [4.78, 5) is 20.7. The van der Waals surface area contributed by atoms with Gasteiger partial charge in [0.25, 0.3) is 5.91 Å². The van der Waals surface area contributed by atoms with Gasteiger partial charge in [-0.2, -0.15) is 5.10 Å². The molecule has 4 rings (SSSR count). The third kappa shape index (κ3) is 2.67. The fourth-order valence-corrected chi connectivity index (χ4v) is 2.61. The Kier molecular flexibility index (Phi) is 3.85. The van der Waals surface area contributed by atoms with Crippen molar-refractivity contribution < 1.29 is 13.6 Å². The Morgan fingerprint density at radius 3 is 2.81 bits per heavy atom. The van der Waals surface area contributed by atoms with Crippen LogP contribution in [0.15, 0.2) is 61.3 Å². The minimum atomic E-state index is -1.01. The normalized spacial score (nSPS) is 10.8. The van der Waals surface area contributed by atoms with Gasteiger partial charge in [-0.15, -0.1) is 0 Å². The molecule has 1 N–H and O–H groups in total. The molecule has 6 nitrogen and oxygen atoms in total. The van der Waals surface area contributed by atoms with Crippen molar-refractivity contribution in [1.82, 2.24) is 19.6 Å². The van der Waals surface area contributed by atoms with E-state index in [0.717, 1.165) is 6.07 Å². The Balaban J connectivity index is 1.73. The molecular formula is C18H11F2N5O. The Morgan fingerprint density at radius 2 is 1.92 bits per heavy atom. The summed E-state index contributed by atoms with van der Waals surface area (Å²) in [5.41, 5.74) is 1.21. The second kappa shape index (κ2) is 6.32. The highest BCUT2D eigenvalue weighted by atomic mass is 19.2. The molecule has 1 aromatic carbocycles. The van der Waals surface area contributed by atoms with Crippen molar-refractivity contribution in [1.29, 1.82) is 0 Å². The third-order valence-corrected chi connectivity index (χ3v) is 3.83. The molecule has 3 heterocycles. The van der Waals surface area contributed by atoms with Crippen molar-refractivity contribution in [3.05, 3.63) is 78.5 Å². The molecule has 0 bridgehead atoms. The highest BCUT2D eigenvalue weighted by Gasteiger charge is 2.18. The highest BCUT2D eigenvalue weighted by molar-refractivity contribution is 6.09. The maximum absolute atomic E-state index is 14.1. The predicted molar refractivity (Wildman–Crippen MR) is 90.5 cm³/mol. The first-order valence-corrected chi connectivity index (χ1v) is 7.63. The lowest BCUT2D eigenvalue weighted by Crippen LogP contribution is -2.13. The Bertz CT molecular complexity index is 1130. The van der Waals surface area contributed by atoms with Crippen LogP contribution < -0.4 is 5.32 Å². The quantitative estimate of drug-likeness (QED) is 0.615. The number of nitrogens with one attached hydrogen (secondary N) is 1. The number of carbonyl (C=O) groups is 1. The van der Waals surface area contributed by atoms with E-state index >= 15 is 0 Å². The molecule has 3 aromatic heterocycles. The summed E-state index contributed by atoms with van der Waals surface area (Å²) in [5, 5.41) is 6.75. The van der Waals surface area contributed by atoms with Crippen LogP contribution in [0.2, 0.25) is 0 Å². The molecule has 0 aliphatic carbocycles. The van der Waals surface area contributed by atoms with Gasteiger partial charge in [0, 0.05) is 35.9 Å². The molecule has 8 heteroatoms.